The summed E-state index contributed by atoms with van der Waals surface area (Å²) in [5.74, 6) is -0.712. The van der Waals surface area contributed by atoms with Crippen LogP contribution in [0.15, 0.2) is 45.6 Å². The summed E-state index contributed by atoms with van der Waals surface area (Å²) in [6.45, 7) is 3.48. The Hall–Kier alpha value is -3.61. The monoisotopic (exact) mass is 378 g/mol. The summed E-state index contributed by atoms with van der Waals surface area (Å²) in [6, 6.07) is 10.3. The van der Waals surface area contributed by atoms with Crippen molar-refractivity contribution in [2.24, 2.45) is 7.05 Å². The normalized spacial score (nSPS) is 11.2. The van der Waals surface area contributed by atoms with Crippen molar-refractivity contribution in [2.75, 3.05) is 6.61 Å². The summed E-state index contributed by atoms with van der Waals surface area (Å²) in [5, 5.41) is 10.2. The fourth-order valence-electron chi connectivity index (χ4n) is 3.25. The van der Waals surface area contributed by atoms with E-state index in [0.717, 1.165) is 5.52 Å². The van der Waals surface area contributed by atoms with E-state index in [9.17, 15) is 14.7 Å². The van der Waals surface area contributed by atoms with Crippen LogP contribution in [0.4, 0.5) is 0 Å². The Labute approximate surface area is 159 Å². The Morgan fingerprint density at radius 1 is 1.29 bits per heavy atom. The SMILES string of the molecule is CCOC(=O)c1oc2cc(O)c(C)cc2c(=O)c1-c1nc2ccccc2n1C. The third-order valence-electron chi connectivity index (χ3n) is 4.68. The molecule has 0 spiro atoms. The van der Waals surface area contributed by atoms with Gasteiger partial charge in [-0.2, -0.15) is 0 Å². The molecule has 0 bridgehead atoms. The van der Waals surface area contributed by atoms with Crippen LogP contribution in [0, 0.1) is 6.92 Å². The Morgan fingerprint density at radius 2 is 2.04 bits per heavy atom. The average Bonchev–Trinajstić information content (AvgIpc) is 3.00. The molecule has 0 amide bonds. The van der Waals surface area contributed by atoms with E-state index in [1.165, 1.54) is 12.1 Å². The van der Waals surface area contributed by atoms with E-state index in [1.54, 1.807) is 25.5 Å². The number of esters is 1. The minimum Gasteiger partial charge on any atom is -0.508 e. The van der Waals surface area contributed by atoms with Gasteiger partial charge in [0.25, 0.3) is 0 Å². The molecular weight excluding hydrogens is 360 g/mol. The molecule has 4 rings (SSSR count). The molecular formula is C21H18N2O5. The molecule has 142 valence electrons. The summed E-state index contributed by atoms with van der Waals surface area (Å²) in [6.07, 6.45) is 0. The average molecular weight is 378 g/mol. The zero-order chi connectivity index (χ0) is 20.0. The fraction of sp³-hybridized carbons (Fsp3) is 0.190. The highest BCUT2D eigenvalue weighted by Gasteiger charge is 2.27. The van der Waals surface area contributed by atoms with Gasteiger partial charge in [-0.25, -0.2) is 9.78 Å². The number of aryl methyl sites for hydroxylation is 2. The number of rotatable bonds is 3. The van der Waals surface area contributed by atoms with Gasteiger partial charge in [0.15, 0.2) is 0 Å². The van der Waals surface area contributed by atoms with Crippen LogP contribution < -0.4 is 5.43 Å². The van der Waals surface area contributed by atoms with E-state index in [-0.39, 0.29) is 34.6 Å². The van der Waals surface area contributed by atoms with Crippen LogP contribution in [0.2, 0.25) is 0 Å². The maximum Gasteiger partial charge on any atom is 0.375 e. The van der Waals surface area contributed by atoms with Crippen molar-refractivity contribution in [3.8, 4) is 17.1 Å². The zero-order valence-electron chi connectivity index (χ0n) is 15.6. The number of imidazole rings is 1. The van der Waals surface area contributed by atoms with Crippen molar-refractivity contribution >= 4 is 28.0 Å². The van der Waals surface area contributed by atoms with Crippen molar-refractivity contribution in [1.82, 2.24) is 9.55 Å². The highest BCUT2D eigenvalue weighted by molar-refractivity contribution is 5.98. The standard InChI is InChI=1S/C21H18N2O5/c1-4-27-21(26)19-17(20-22-13-7-5-6-8-14(13)23(20)3)18(25)12-9-11(2)15(24)10-16(12)28-19/h5-10,24H,4H2,1-3H3. The predicted molar refractivity (Wildman–Crippen MR) is 105 cm³/mol. The number of fused-ring (bicyclic) bond motifs is 2. The first-order valence-electron chi connectivity index (χ1n) is 8.81. The smallest absolute Gasteiger partial charge is 0.375 e. The van der Waals surface area contributed by atoms with Crippen LogP contribution >= 0.6 is 0 Å². The second-order valence-corrected chi connectivity index (χ2v) is 6.47. The molecule has 7 nitrogen and oxygen atoms in total. The molecule has 0 aliphatic heterocycles. The Morgan fingerprint density at radius 3 is 2.75 bits per heavy atom. The van der Waals surface area contributed by atoms with E-state index in [2.05, 4.69) is 4.98 Å². The highest BCUT2D eigenvalue weighted by atomic mass is 16.5. The van der Waals surface area contributed by atoms with Gasteiger partial charge in [0.1, 0.15) is 22.7 Å². The van der Waals surface area contributed by atoms with Gasteiger partial charge in [-0.3, -0.25) is 4.79 Å². The molecule has 2 heterocycles. The number of benzene rings is 2. The summed E-state index contributed by atoms with van der Waals surface area (Å²) < 4.78 is 12.6. The van der Waals surface area contributed by atoms with Crippen LogP contribution in [0.25, 0.3) is 33.4 Å². The molecule has 4 aromatic rings. The first kappa shape index (κ1) is 17.8. The quantitative estimate of drug-likeness (QED) is 0.548. The van der Waals surface area contributed by atoms with Gasteiger partial charge >= 0.3 is 5.97 Å². The minimum atomic E-state index is -0.761. The van der Waals surface area contributed by atoms with Gasteiger partial charge in [-0.1, -0.05) is 12.1 Å². The number of ether oxygens (including phenoxy) is 1. The van der Waals surface area contributed by atoms with Crippen molar-refractivity contribution < 1.29 is 19.1 Å². The predicted octanol–water partition coefficient (Wildman–Crippen LogP) is 3.54. The summed E-state index contributed by atoms with van der Waals surface area (Å²) in [4.78, 5) is 30.4. The Kier molecular flexibility index (Phi) is 4.15. The number of carbonyl (C=O) groups is 1. The molecule has 0 unspecified atom stereocenters. The number of aromatic nitrogens is 2. The van der Waals surface area contributed by atoms with Crippen LogP contribution in [-0.2, 0) is 11.8 Å². The number of hydrogen-bond acceptors (Lipinski definition) is 6. The summed E-state index contributed by atoms with van der Waals surface area (Å²) in [5.41, 5.74) is 1.77. The molecule has 0 aliphatic carbocycles. The topological polar surface area (TPSA) is 94.6 Å². The molecule has 0 fully saturated rings. The number of hydrogen-bond donors (Lipinski definition) is 1. The van der Waals surface area contributed by atoms with Crippen LogP contribution in [0.5, 0.6) is 5.75 Å². The summed E-state index contributed by atoms with van der Waals surface area (Å²) >= 11 is 0. The second-order valence-electron chi connectivity index (χ2n) is 6.47. The van der Waals surface area contributed by atoms with Crippen molar-refractivity contribution in [2.45, 2.75) is 13.8 Å². The Bertz CT molecular complexity index is 1300. The van der Waals surface area contributed by atoms with Crippen molar-refractivity contribution in [1.29, 1.82) is 0 Å². The van der Waals surface area contributed by atoms with Gasteiger partial charge in [-0.15, -0.1) is 0 Å². The van der Waals surface area contributed by atoms with Gasteiger partial charge in [0.2, 0.25) is 11.2 Å². The fourth-order valence-corrected chi connectivity index (χ4v) is 3.25. The molecule has 28 heavy (non-hydrogen) atoms. The first-order valence-corrected chi connectivity index (χ1v) is 8.81. The highest BCUT2D eigenvalue weighted by Crippen LogP contribution is 2.30. The lowest BCUT2D eigenvalue weighted by Gasteiger charge is -2.10. The number of carbonyl (C=O) groups excluding carboxylic acids is 1. The number of nitrogens with zero attached hydrogens (tertiary/aromatic N) is 2. The minimum absolute atomic E-state index is 0.0269. The molecule has 0 radical (unpaired) electrons. The second kappa shape index (κ2) is 6.53. The van der Waals surface area contributed by atoms with Crippen molar-refractivity contribution in [3.05, 3.63) is 57.9 Å². The van der Waals surface area contributed by atoms with Crippen LogP contribution in [-0.4, -0.2) is 27.2 Å². The number of phenolic OH excluding ortho intramolecular Hbond substituents is 1. The van der Waals surface area contributed by atoms with Crippen LogP contribution in [0.3, 0.4) is 0 Å². The van der Waals surface area contributed by atoms with E-state index < -0.39 is 11.4 Å². The number of para-hydroxylation sites is 2. The van der Waals surface area contributed by atoms with E-state index in [1.807, 2.05) is 24.3 Å². The molecule has 7 heteroatoms. The Balaban J connectivity index is 2.13. The number of phenols is 1. The molecule has 2 aromatic carbocycles. The third-order valence-corrected chi connectivity index (χ3v) is 4.68. The van der Waals surface area contributed by atoms with Gasteiger partial charge in [-0.05, 0) is 37.6 Å². The van der Waals surface area contributed by atoms with Gasteiger partial charge in [0, 0.05) is 13.1 Å². The summed E-state index contributed by atoms with van der Waals surface area (Å²) in [7, 11) is 1.77. The molecule has 2 aromatic heterocycles. The van der Waals surface area contributed by atoms with Gasteiger partial charge in [0.05, 0.1) is 23.0 Å². The lowest BCUT2D eigenvalue weighted by Crippen LogP contribution is -2.17. The largest absolute Gasteiger partial charge is 0.508 e. The van der Waals surface area contributed by atoms with E-state index >= 15 is 0 Å². The molecule has 0 saturated heterocycles. The van der Waals surface area contributed by atoms with Crippen molar-refractivity contribution in [3.63, 3.8) is 0 Å². The van der Waals surface area contributed by atoms with E-state index in [4.69, 9.17) is 9.15 Å². The molecule has 1 N–H and O–H groups in total. The van der Waals surface area contributed by atoms with Crippen LogP contribution in [0.1, 0.15) is 23.0 Å². The molecule has 0 aliphatic rings. The van der Waals surface area contributed by atoms with Gasteiger partial charge < -0.3 is 18.8 Å². The lowest BCUT2D eigenvalue weighted by molar-refractivity contribution is 0.0492. The molecule has 0 saturated carbocycles. The lowest BCUT2D eigenvalue weighted by atomic mass is 10.1. The maximum atomic E-state index is 13.3. The maximum absolute atomic E-state index is 13.3. The third kappa shape index (κ3) is 2.63. The van der Waals surface area contributed by atoms with E-state index in [0.29, 0.717) is 16.9 Å². The number of aromatic hydroxyl groups is 1. The first-order chi connectivity index (χ1) is 13.4. The molecule has 0 atom stereocenters. The zero-order valence-corrected chi connectivity index (χ0v) is 15.6.